The third-order valence-corrected chi connectivity index (χ3v) is 3.77. The Hall–Kier alpha value is -2.04. The van der Waals surface area contributed by atoms with Crippen molar-refractivity contribution < 1.29 is 14.7 Å². The molecule has 2 atom stereocenters. The van der Waals surface area contributed by atoms with E-state index in [4.69, 9.17) is 5.11 Å². The van der Waals surface area contributed by atoms with Gasteiger partial charge in [0.05, 0.1) is 5.92 Å². The zero-order valence-electron chi connectivity index (χ0n) is 11.6. The Morgan fingerprint density at radius 1 is 1.30 bits per heavy atom. The lowest BCUT2D eigenvalue weighted by Crippen LogP contribution is -2.47. The van der Waals surface area contributed by atoms with Crippen molar-refractivity contribution in [3.63, 3.8) is 0 Å². The number of urea groups is 1. The molecule has 2 rings (SSSR count). The molecule has 2 N–H and O–H groups in total. The van der Waals surface area contributed by atoms with Crippen LogP contribution in [-0.4, -0.2) is 29.7 Å². The summed E-state index contributed by atoms with van der Waals surface area (Å²) in [7, 11) is 0. The van der Waals surface area contributed by atoms with Gasteiger partial charge >= 0.3 is 12.0 Å². The summed E-state index contributed by atoms with van der Waals surface area (Å²) < 4.78 is 0. The number of nitrogens with zero attached hydrogens (tertiary/aromatic N) is 1. The number of anilines is 1. The van der Waals surface area contributed by atoms with Crippen LogP contribution in [0.5, 0.6) is 0 Å². The van der Waals surface area contributed by atoms with Crippen LogP contribution >= 0.6 is 0 Å². The monoisotopic (exact) mass is 276 g/mol. The van der Waals surface area contributed by atoms with Crippen LogP contribution in [0.15, 0.2) is 30.3 Å². The van der Waals surface area contributed by atoms with Gasteiger partial charge < -0.3 is 10.4 Å². The van der Waals surface area contributed by atoms with Crippen LogP contribution in [0.1, 0.15) is 26.2 Å². The lowest BCUT2D eigenvalue weighted by Gasteiger charge is -2.25. The second kappa shape index (κ2) is 6.41. The molecule has 2 unspecified atom stereocenters. The number of carboxylic acids is 1. The van der Waals surface area contributed by atoms with Crippen molar-refractivity contribution >= 4 is 17.7 Å². The third-order valence-electron chi connectivity index (χ3n) is 3.77. The minimum Gasteiger partial charge on any atom is -0.481 e. The van der Waals surface area contributed by atoms with E-state index in [2.05, 4.69) is 5.32 Å². The van der Waals surface area contributed by atoms with Gasteiger partial charge in [-0.1, -0.05) is 24.6 Å². The quantitative estimate of drug-likeness (QED) is 0.887. The minimum absolute atomic E-state index is 0.225. The number of carbonyl (C=O) groups is 2. The van der Waals surface area contributed by atoms with Crippen LogP contribution in [0.3, 0.4) is 0 Å². The summed E-state index contributed by atoms with van der Waals surface area (Å²) in [5.74, 6) is -1.29. The molecule has 0 aliphatic heterocycles. The first-order valence-electron chi connectivity index (χ1n) is 6.99. The van der Waals surface area contributed by atoms with Crippen LogP contribution in [0, 0.1) is 5.92 Å². The van der Waals surface area contributed by atoms with Gasteiger partial charge in [-0.25, -0.2) is 4.79 Å². The van der Waals surface area contributed by atoms with E-state index < -0.39 is 11.9 Å². The summed E-state index contributed by atoms with van der Waals surface area (Å²) in [6, 6.07) is 8.89. The number of rotatable bonds is 4. The predicted octanol–water partition coefficient (Wildman–Crippen LogP) is 2.48. The molecule has 1 saturated carbocycles. The first kappa shape index (κ1) is 14.4. The number of aliphatic carboxylic acids is 1. The Morgan fingerprint density at radius 3 is 2.60 bits per heavy atom. The minimum atomic E-state index is -0.824. The smallest absolute Gasteiger partial charge is 0.322 e. The van der Waals surface area contributed by atoms with Crippen molar-refractivity contribution in [1.82, 2.24) is 5.32 Å². The summed E-state index contributed by atoms with van der Waals surface area (Å²) in [6.45, 7) is 2.44. The first-order valence-corrected chi connectivity index (χ1v) is 6.99. The highest BCUT2D eigenvalue weighted by molar-refractivity contribution is 5.92. The summed E-state index contributed by atoms with van der Waals surface area (Å²) in [5, 5.41) is 12.0. The molecule has 0 bridgehead atoms. The van der Waals surface area contributed by atoms with Crippen LogP contribution in [0.2, 0.25) is 0 Å². The molecular weight excluding hydrogens is 256 g/mol. The predicted molar refractivity (Wildman–Crippen MR) is 76.8 cm³/mol. The van der Waals surface area contributed by atoms with Gasteiger partial charge in [-0.15, -0.1) is 0 Å². The van der Waals surface area contributed by atoms with E-state index in [-0.39, 0.29) is 12.1 Å². The summed E-state index contributed by atoms with van der Waals surface area (Å²) >= 11 is 0. The van der Waals surface area contributed by atoms with E-state index in [1.807, 2.05) is 37.3 Å². The van der Waals surface area contributed by atoms with Gasteiger partial charge in [-0.2, -0.15) is 0 Å². The molecule has 20 heavy (non-hydrogen) atoms. The highest BCUT2D eigenvalue weighted by atomic mass is 16.4. The average Bonchev–Trinajstić information content (AvgIpc) is 2.89. The van der Waals surface area contributed by atoms with Crippen LogP contribution in [-0.2, 0) is 4.79 Å². The standard InChI is InChI=1S/C15H20N2O3/c1-2-17(11-7-4-3-5-8-11)15(20)16-13-10-6-9-12(13)14(18)19/h3-5,7-8,12-13H,2,6,9-10H2,1H3,(H,16,20)(H,18,19). The van der Waals surface area contributed by atoms with E-state index >= 15 is 0 Å². The molecule has 0 heterocycles. The molecule has 0 spiro atoms. The topological polar surface area (TPSA) is 69.6 Å². The fraction of sp³-hybridized carbons (Fsp3) is 0.467. The number of hydrogen-bond acceptors (Lipinski definition) is 2. The molecule has 1 aliphatic rings. The number of nitrogens with one attached hydrogen (secondary N) is 1. The Morgan fingerprint density at radius 2 is 2.00 bits per heavy atom. The van der Waals surface area contributed by atoms with Gasteiger partial charge in [0.25, 0.3) is 0 Å². The molecule has 5 nitrogen and oxygen atoms in total. The molecule has 108 valence electrons. The molecule has 1 aliphatic carbocycles. The van der Waals surface area contributed by atoms with Gasteiger partial charge in [0.1, 0.15) is 0 Å². The zero-order chi connectivity index (χ0) is 14.5. The van der Waals surface area contributed by atoms with Crippen LogP contribution in [0.4, 0.5) is 10.5 Å². The van der Waals surface area contributed by atoms with Gasteiger partial charge in [0.2, 0.25) is 0 Å². The van der Waals surface area contributed by atoms with Crippen molar-refractivity contribution in [3.05, 3.63) is 30.3 Å². The Bertz CT molecular complexity index is 475. The van der Waals surface area contributed by atoms with E-state index in [9.17, 15) is 9.59 Å². The number of carbonyl (C=O) groups excluding carboxylic acids is 1. The maximum absolute atomic E-state index is 12.3. The van der Waals surface area contributed by atoms with Crippen molar-refractivity contribution in [3.8, 4) is 0 Å². The normalized spacial score (nSPS) is 21.4. The SMILES string of the molecule is CCN(C(=O)NC1CCCC1C(=O)O)c1ccccc1. The Kier molecular flexibility index (Phi) is 4.61. The molecule has 2 amide bonds. The average molecular weight is 276 g/mol. The van der Waals surface area contributed by atoms with Gasteiger partial charge in [0.15, 0.2) is 0 Å². The van der Waals surface area contributed by atoms with Crippen molar-refractivity contribution in [2.24, 2.45) is 5.92 Å². The molecule has 0 radical (unpaired) electrons. The molecule has 0 aromatic heterocycles. The van der Waals surface area contributed by atoms with Crippen LogP contribution in [0.25, 0.3) is 0 Å². The zero-order valence-corrected chi connectivity index (χ0v) is 11.6. The summed E-state index contributed by atoms with van der Waals surface area (Å²) in [4.78, 5) is 25.1. The highest BCUT2D eigenvalue weighted by Gasteiger charge is 2.34. The first-order chi connectivity index (χ1) is 9.63. The van der Waals surface area contributed by atoms with Crippen molar-refractivity contribution in [2.75, 3.05) is 11.4 Å². The number of hydrogen-bond donors (Lipinski definition) is 2. The Balaban J connectivity index is 2.05. The maximum atomic E-state index is 12.3. The van der Waals surface area contributed by atoms with E-state index in [1.54, 1.807) is 4.90 Å². The fourth-order valence-electron chi connectivity index (χ4n) is 2.72. The number of carboxylic acid groups (broad SMARTS) is 1. The second-order valence-corrected chi connectivity index (χ2v) is 5.01. The van der Waals surface area contributed by atoms with E-state index in [0.717, 1.165) is 18.5 Å². The molecule has 0 saturated heterocycles. The van der Waals surface area contributed by atoms with Gasteiger partial charge in [-0.05, 0) is 31.9 Å². The van der Waals surface area contributed by atoms with Gasteiger partial charge in [0, 0.05) is 18.3 Å². The molecule has 1 aromatic carbocycles. The van der Waals surface area contributed by atoms with E-state index in [1.165, 1.54) is 0 Å². The number of benzene rings is 1. The summed E-state index contributed by atoms with van der Waals surface area (Å²) in [6.07, 6.45) is 2.21. The number of para-hydroxylation sites is 1. The largest absolute Gasteiger partial charge is 0.481 e. The van der Waals surface area contributed by atoms with Crippen molar-refractivity contribution in [1.29, 1.82) is 0 Å². The Labute approximate surface area is 118 Å². The maximum Gasteiger partial charge on any atom is 0.322 e. The van der Waals surface area contributed by atoms with Crippen LogP contribution < -0.4 is 10.2 Å². The highest BCUT2D eigenvalue weighted by Crippen LogP contribution is 2.26. The molecule has 1 aromatic rings. The van der Waals surface area contributed by atoms with Gasteiger partial charge in [-0.3, -0.25) is 9.69 Å². The third kappa shape index (κ3) is 3.10. The number of amides is 2. The lowest BCUT2D eigenvalue weighted by atomic mass is 10.0. The van der Waals surface area contributed by atoms with E-state index in [0.29, 0.717) is 13.0 Å². The lowest BCUT2D eigenvalue weighted by molar-refractivity contribution is -0.142. The molecular formula is C15H20N2O3. The summed E-state index contributed by atoms with van der Waals surface area (Å²) in [5.41, 5.74) is 0.817. The molecule has 1 fully saturated rings. The second-order valence-electron chi connectivity index (χ2n) is 5.01. The molecule has 5 heteroatoms. The fourth-order valence-corrected chi connectivity index (χ4v) is 2.72. The van der Waals surface area contributed by atoms with Crippen molar-refractivity contribution in [2.45, 2.75) is 32.2 Å².